The quantitative estimate of drug-likeness (QED) is 0.408. The van der Waals surface area contributed by atoms with E-state index in [9.17, 15) is 14.7 Å². The molecule has 2 amide bonds. The number of likely N-dealkylation sites (tertiary alicyclic amines) is 1. The van der Waals surface area contributed by atoms with Gasteiger partial charge in [0.2, 0.25) is 5.91 Å². The van der Waals surface area contributed by atoms with Gasteiger partial charge in [-0.25, -0.2) is 0 Å². The van der Waals surface area contributed by atoms with Gasteiger partial charge >= 0.3 is 0 Å². The number of carbonyl (C=O) groups excluding carboxylic acids is 2. The molecule has 1 fully saturated rings. The molecule has 0 unspecified atom stereocenters. The van der Waals surface area contributed by atoms with Crippen LogP contribution in [-0.2, 0) is 22.3 Å². The minimum absolute atomic E-state index is 0.0377. The number of aliphatic hydroxyl groups excluding tert-OH is 1. The number of rotatable bonds is 10. The molecule has 2 aromatic carbocycles. The Morgan fingerprint density at radius 1 is 1.05 bits per heavy atom. The maximum atomic E-state index is 12.7. The van der Waals surface area contributed by atoms with Crippen molar-refractivity contribution in [3.8, 4) is 5.75 Å². The number of hydrogen-bond acceptors (Lipinski definition) is 6. The van der Waals surface area contributed by atoms with Crippen molar-refractivity contribution in [3.63, 3.8) is 0 Å². The van der Waals surface area contributed by atoms with Gasteiger partial charge in [0.25, 0.3) is 5.91 Å². The number of aliphatic hydroxyl groups is 1. The highest BCUT2D eigenvalue weighted by molar-refractivity contribution is 6.74. The molecule has 0 bridgehead atoms. The van der Waals surface area contributed by atoms with Crippen LogP contribution in [0.2, 0.25) is 18.1 Å². The average Bonchev–Trinajstić information content (AvgIpc) is 3.22. The predicted octanol–water partition coefficient (Wildman–Crippen LogP) is 3.44. The molecule has 37 heavy (non-hydrogen) atoms. The molecule has 2 aromatic rings. The van der Waals surface area contributed by atoms with E-state index in [2.05, 4.69) is 39.2 Å². The van der Waals surface area contributed by atoms with Crippen LogP contribution in [0.4, 0.5) is 0 Å². The first kappa shape index (κ1) is 28.8. The molecule has 1 aliphatic heterocycles. The number of nitrogens with one attached hydrogen (secondary N) is 1. The smallest absolute Gasteiger partial charge is 0.251 e. The number of amides is 2. The number of hydrogen-bond donors (Lipinski definition) is 3. The number of nitrogens with two attached hydrogens (primary N) is 1. The second-order valence-corrected chi connectivity index (χ2v) is 15.9. The Morgan fingerprint density at radius 2 is 1.68 bits per heavy atom. The second kappa shape index (κ2) is 12.2. The van der Waals surface area contributed by atoms with Crippen molar-refractivity contribution in [2.45, 2.75) is 70.6 Å². The standard InChI is InChI=1S/C28H41N3O5Si/c1-28(2,3)37(4,5)36-25-19-31(18-24(25)32)26(33)14-15-35-23-12-8-21(9-13-23)17-30-27(34)22-10-6-20(16-29)7-11-22/h6-13,24-25,32H,14-19,29H2,1-5H3,(H,30,34)/t24-,25-/m0/s1. The summed E-state index contributed by atoms with van der Waals surface area (Å²) < 4.78 is 12.1. The summed E-state index contributed by atoms with van der Waals surface area (Å²) in [7, 11) is -2.03. The highest BCUT2D eigenvalue weighted by Crippen LogP contribution is 2.38. The fourth-order valence-corrected chi connectivity index (χ4v) is 5.17. The first-order chi connectivity index (χ1) is 17.4. The molecule has 8 nitrogen and oxygen atoms in total. The lowest BCUT2D eigenvalue weighted by Gasteiger charge is -2.38. The molecule has 3 rings (SSSR count). The van der Waals surface area contributed by atoms with Crippen LogP contribution in [0.5, 0.6) is 5.75 Å². The summed E-state index contributed by atoms with van der Waals surface area (Å²) in [6.07, 6.45) is -0.790. The van der Waals surface area contributed by atoms with Gasteiger partial charge in [-0.15, -0.1) is 0 Å². The zero-order valence-electron chi connectivity index (χ0n) is 22.6. The van der Waals surface area contributed by atoms with Gasteiger partial charge in [-0.3, -0.25) is 9.59 Å². The number of β-amino-alcohol motifs (C(OH)–C–C–N with tert-alkyl or cyclic N) is 1. The summed E-state index contributed by atoms with van der Waals surface area (Å²) in [6, 6.07) is 14.6. The van der Waals surface area contributed by atoms with E-state index in [-0.39, 0.29) is 42.5 Å². The summed E-state index contributed by atoms with van der Waals surface area (Å²) in [5, 5.41) is 13.4. The molecular formula is C28H41N3O5Si. The van der Waals surface area contributed by atoms with Gasteiger partial charge in [-0.2, -0.15) is 0 Å². The van der Waals surface area contributed by atoms with Crippen LogP contribution < -0.4 is 15.8 Å². The molecule has 0 aliphatic carbocycles. The zero-order valence-corrected chi connectivity index (χ0v) is 23.6. The maximum absolute atomic E-state index is 12.7. The van der Waals surface area contributed by atoms with E-state index in [0.29, 0.717) is 30.9 Å². The normalized spacial score (nSPS) is 18.1. The highest BCUT2D eigenvalue weighted by Gasteiger charge is 2.43. The van der Waals surface area contributed by atoms with E-state index < -0.39 is 14.4 Å². The molecule has 0 saturated carbocycles. The lowest BCUT2D eigenvalue weighted by molar-refractivity contribution is -0.131. The molecular weight excluding hydrogens is 486 g/mol. The first-order valence-corrected chi connectivity index (χ1v) is 15.7. The number of benzene rings is 2. The van der Waals surface area contributed by atoms with Gasteiger partial charge < -0.3 is 30.2 Å². The van der Waals surface area contributed by atoms with E-state index in [4.69, 9.17) is 14.9 Å². The summed E-state index contributed by atoms with van der Waals surface area (Å²) >= 11 is 0. The third-order valence-electron chi connectivity index (χ3n) is 7.25. The number of nitrogens with zero attached hydrogens (tertiary/aromatic N) is 1. The second-order valence-electron chi connectivity index (χ2n) is 11.1. The van der Waals surface area contributed by atoms with Crippen LogP contribution in [-0.4, -0.2) is 62.0 Å². The Bertz CT molecular complexity index is 1050. The van der Waals surface area contributed by atoms with E-state index in [1.54, 1.807) is 17.0 Å². The molecule has 1 heterocycles. The number of ether oxygens (including phenoxy) is 1. The lowest BCUT2D eigenvalue weighted by Crippen LogP contribution is -2.47. The SMILES string of the molecule is CC(C)(C)[Si](C)(C)O[C@H]1CN(C(=O)CCOc2ccc(CNC(=O)c3ccc(CN)cc3)cc2)C[C@@H]1O. The third-order valence-corrected chi connectivity index (χ3v) is 11.8. The van der Waals surface area contributed by atoms with Gasteiger partial charge in [-0.05, 0) is 53.5 Å². The maximum Gasteiger partial charge on any atom is 0.251 e. The fourth-order valence-electron chi connectivity index (χ4n) is 3.83. The van der Waals surface area contributed by atoms with Crippen LogP contribution in [0.15, 0.2) is 48.5 Å². The van der Waals surface area contributed by atoms with Crippen molar-refractivity contribution < 1.29 is 23.9 Å². The van der Waals surface area contributed by atoms with Gasteiger partial charge in [0.05, 0.1) is 25.2 Å². The van der Waals surface area contributed by atoms with Gasteiger partial charge in [-0.1, -0.05) is 45.0 Å². The van der Waals surface area contributed by atoms with Gasteiger partial charge in [0.15, 0.2) is 8.32 Å². The van der Waals surface area contributed by atoms with Crippen LogP contribution in [0.25, 0.3) is 0 Å². The molecule has 2 atom stereocenters. The minimum Gasteiger partial charge on any atom is -0.493 e. The van der Waals surface area contributed by atoms with E-state index in [0.717, 1.165) is 11.1 Å². The van der Waals surface area contributed by atoms with E-state index in [1.165, 1.54) is 0 Å². The highest BCUT2D eigenvalue weighted by atomic mass is 28.4. The van der Waals surface area contributed by atoms with Crippen molar-refractivity contribution in [3.05, 3.63) is 65.2 Å². The molecule has 202 valence electrons. The Kier molecular flexibility index (Phi) is 9.52. The van der Waals surface area contributed by atoms with Crippen LogP contribution in [0.3, 0.4) is 0 Å². The van der Waals surface area contributed by atoms with Crippen molar-refractivity contribution in [2.24, 2.45) is 5.73 Å². The number of carbonyl (C=O) groups is 2. The van der Waals surface area contributed by atoms with Crippen molar-refractivity contribution in [1.29, 1.82) is 0 Å². The molecule has 0 radical (unpaired) electrons. The van der Waals surface area contributed by atoms with Crippen LogP contribution >= 0.6 is 0 Å². The van der Waals surface area contributed by atoms with Crippen molar-refractivity contribution in [1.82, 2.24) is 10.2 Å². The molecule has 4 N–H and O–H groups in total. The Hall–Kier alpha value is -2.72. The monoisotopic (exact) mass is 527 g/mol. The Labute approximate surface area is 221 Å². The van der Waals surface area contributed by atoms with E-state index in [1.807, 2.05) is 36.4 Å². The summed E-state index contributed by atoms with van der Waals surface area (Å²) in [5.41, 5.74) is 8.10. The molecule has 9 heteroatoms. The average molecular weight is 528 g/mol. The zero-order chi connectivity index (χ0) is 27.2. The molecule has 0 spiro atoms. The Balaban J connectivity index is 1.40. The lowest BCUT2D eigenvalue weighted by atomic mass is 10.1. The molecule has 1 saturated heterocycles. The minimum atomic E-state index is -2.03. The summed E-state index contributed by atoms with van der Waals surface area (Å²) in [6.45, 7) is 12.6. The van der Waals surface area contributed by atoms with Crippen LogP contribution in [0, 0.1) is 0 Å². The topological polar surface area (TPSA) is 114 Å². The van der Waals surface area contributed by atoms with E-state index >= 15 is 0 Å². The third kappa shape index (κ3) is 7.88. The predicted molar refractivity (Wildman–Crippen MR) is 147 cm³/mol. The molecule has 0 aromatic heterocycles. The largest absolute Gasteiger partial charge is 0.493 e. The summed E-state index contributed by atoms with van der Waals surface area (Å²) in [4.78, 5) is 26.7. The van der Waals surface area contributed by atoms with Gasteiger partial charge in [0.1, 0.15) is 5.75 Å². The summed E-state index contributed by atoms with van der Waals surface area (Å²) in [5.74, 6) is 0.450. The fraction of sp³-hybridized carbons (Fsp3) is 0.500. The van der Waals surface area contributed by atoms with Crippen LogP contribution in [0.1, 0.15) is 48.7 Å². The van der Waals surface area contributed by atoms with Crippen molar-refractivity contribution in [2.75, 3.05) is 19.7 Å². The first-order valence-electron chi connectivity index (χ1n) is 12.8. The Morgan fingerprint density at radius 3 is 2.27 bits per heavy atom. The van der Waals surface area contributed by atoms with Gasteiger partial charge in [0, 0.05) is 31.7 Å². The van der Waals surface area contributed by atoms with Crippen molar-refractivity contribution >= 4 is 20.1 Å². The molecule has 1 aliphatic rings.